The Kier molecular flexibility index (Phi) is 9.21. The quantitative estimate of drug-likeness (QED) is 0.681. The van der Waals surface area contributed by atoms with E-state index in [1.165, 1.54) is 4.31 Å². The van der Waals surface area contributed by atoms with Gasteiger partial charge in [0.25, 0.3) is 0 Å². The first-order valence-corrected chi connectivity index (χ1v) is 10.9. The Labute approximate surface area is 169 Å². The maximum absolute atomic E-state index is 12.8. The Morgan fingerprint density at radius 3 is 2.48 bits per heavy atom. The smallest absolute Gasteiger partial charge is 0.243 e. The molecule has 1 heterocycles. The molecule has 154 valence electrons. The average molecular weight is 418 g/mol. The Balaban J connectivity index is 0.00000364. The molecule has 0 bridgehead atoms. The Bertz CT molecular complexity index is 743. The minimum atomic E-state index is -3.55. The topological polar surface area (TPSA) is 78.5 Å². The predicted octanol–water partition coefficient (Wildman–Crippen LogP) is 3.08. The third-order valence-corrected chi connectivity index (χ3v) is 7.23. The molecule has 0 aliphatic carbocycles. The highest BCUT2D eigenvalue weighted by Gasteiger charge is 2.23. The van der Waals surface area contributed by atoms with Crippen molar-refractivity contribution in [2.45, 2.75) is 51.9 Å². The zero-order valence-electron chi connectivity index (χ0n) is 16.7. The molecule has 1 saturated heterocycles. The molecule has 6 nitrogen and oxygen atoms in total. The minimum Gasteiger partial charge on any atom is -0.326 e. The van der Waals surface area contributed by atoms with Gasteiger partial charge in [0.2, 0.25) is 15.9 Å². The molecule has 8 heteroatoms. The van der Waals surface area contributed by atoms with Crippen LogP contribution in [-0.2, 0) is 14.8 Å². The first kappa shape index (κ1) is 23.9. The van der Waals surface area contributed by atoms with Gasteiger partial charge in [-0.3, -0.25) is 4.79 Å². The van der Waals surface area contributed by atoms with Crippen LogP contribution in [-0.4, -0.2) is 44.8 Å². The van der Waals surface area contributed by atoms with Crippen LogP contribution in [0.15, 0.2) is 17.0 Å². The Hall–Kier alpha value is -1.15. The van der Waals surface area contributed by atoms with Crippen LogP contribution < -0.4 is 10.6 Å². The lowest BCUT2D eigenvalue weighted by Gasteiger charge is -2.20. The van der Waals surface area contributed by atoms with Crippen LogP contribution in [0.1, 0.15) is 44.2 Å². The van der Waals surface area contributed by atoms with E-state index in [-0.39, 0.29) is 23.2 Å². The van der Waals surface area contributed by atoms with E-state index >= 15 is 0 Å². The largest absolute Gasteiger partial charge is 0.326 e. The standard InChI is InChI=1S/C19H31N3O3S.ClH/c1-5-22(6-2)26(24,25)17-11-14(3)15(4)18(12-17)21-19(23)8-7-16-9-10-20-13-16;/h11-12,16,20H,5-10,13H2,1-4H3,(H,21,23);1H. The summed E-state index contributed by atoms with van der Waals surface area (Å²) in [7, 11) is -3.55. The molecule has 0 spiro atoms. The van der Waals surface area contributed by atoms with Crippen molar-refractivity contribution in [1.82, 2.24) is 9.62 Å². The van der Waals surface area contributed by atoms with Crippen LogP contribution in [0.3, 0.4) is 0 Å². The molecule has 0 saturated carbocycles. The third-order valence-electron chi connectivity index (χ3n) is 5.20. The van der Waals surface area contributed by atoms with E-state index in [0.29, 0.717) is 31.1 Å². The van der Waals surface area contributed by atoms with Crippen LogP contribution in [0.5, 0.6) is 0 Å². The Morgan fingerprint density at radius 2 is 1.93 bits per heavy atom. The van der Waals surface area contributed by atoms with Gasteiger partial charge >= 0.3 is 0 Å². The van der Waals surface area contributed by atoms with E-state index in [0.717, 1.165) is 37.1 Å². The summed E-state index contributed by atoms with van der Waals surface area (Å²) >= 11 is 0. The summed E-state index contributed by atoms with van der Waals surface area (Å²) in [4.78, 5) is 12.6. The highest BCUT2D eigenvalue weighted by molar-refractivity contribution is 7.89. The number of carbonyl (C=O) groups is 1. The van der Waals surface area contributed by atoms with Gasteiger partial charge in [-0.2, -0.15) is 4.31 Å². The lowest BCUT2D eigenvalue weighted by Crippen LogP contribution is -2.30. The van der Waals surface area contributed by atoms with Crippen molar-refractivity contribution in [1.29, 1.82) is 0 Å². The number of hydrogen-bond acceptors (Lipinski definition) is 4. The first-order chi connectivity index (χ1) is 12.3. The van der Waals surface area contributed by atoms with Gasteiger partial charge in [0.1, 0.15) is 0 Å². The van der Waals surface area contributed by atoms with Crippen molar-refractivity contribution < 1.29 is 13.2 Å². The second-order valence-corrected chi connectivity index (χ2v) is 8.89. The highest BCUT2D eigenvalue weighted by Crippen LogP contribution is 2.26. The predicted molar refractivity (Wildman–Crippen MR) is 112 cm³/mol. The van der Waals surface area contributed by atoms with E-state index in [1.54, 1.807) is 12.1 Å². The van der Waals surface area contributed by atoms with Crippen molar-refractivity contribution in [3.05, 3.63) is 23.3 Å². The van der Waals surface area contributed by atoms with Crippen molar-refractivity contribution in [3.63, 3.8) is 0 Å². The number of halogens is 1. The summed E-state index contributed by atoms with van der Waals surface area (Å²) in [5.74, 6) is 0.495. The average Bonchev–Trinajstić information content (AvgIpc) is 3.11. The molecule has 1 aromatic rings. The molecule has 1 fully saturated rings. The summed E-state index contributed by atoms with van der Waals surface area (Å²) < 4.78 is 27.0. The number of carbonyl (C=O) groups excluding carboxylic acids is 1. The number of nitrogens with zero attached hydrogens (tertiary/aromatic N) is 1. The van der Waals surface area contributed by atoms with Gasteiger partial charge in [-0.05, 0) is 69.0 Å². The van der Waals surface area contributed by atoms with Crippen LogP contribution in [0.4, 0.5) is 5.69 Å². The number of anilines is 1. The van der Waals surface area contributed by atoms with Crippen molar-refractivity contribution in [3.8, 4) is 0 Å². The highest BCUT2D eigenvalue weighted by atomic mass is 35.5. The number of rotatable bonds is 8. The molecule has 0 aromatic heterocycles. The van der Waals surface area contributed by atoms with Gasteiger partial charge in [0, 0.05) is 25.2 Å². The molecule has 0 radical (unpaired) electrons. The fourth-order valence-corrected chi connectivity index (χ4v) is 4.90. The van der Waals surface area contributed by atoms with Gasteiger partial charge in [-0.1, -0.05) is 13.8 Å². The first-order valence-electron chi connectivity index (χ1n) is 9.41. The summed E-state index contributed by atoms with van der Waals surface area (Å²) in [5.41, 5.74) is 2.35. The number of aryl methyl sites for hydroxylation is 1. The molecule has 1 amide bonds. The number of amides is 1. The fourth-order valence-electron chi connectivity index (χ4n) is 3.33. The number of hydrogen-bond donors (Lipinski definition) is 2. The van der Waals surface area contributed by atoms with Crippen molar-refractivity contribution >= 4 is 34.0 Å². The zero-order valence-corrected chi connectivity index (χ0v) is 18.3. The van der Waals surface area contributed by atoms with Crippen molar-refractivity contribution in [2.24, 2.45) is 5.92 Å². The van der Waals surface area contributed by atoms with Crippen LogP contribution in [0, 0.1) is 19.8 Å². The molecule has 2 N–H and O–H groups in total. The maximum Gasteiger partial charge on any atom is 0.243 e. The van der Waals surface area contributed by atoms with Gasteiger partial charge in [-0.15, -0.1) is 12.4 Å². The van der Waals surface area contributed by atoms with Gasteiger partial charge in [-0.25, -0.2) is 8.42 Å². The van der Waals surface area contributed by atoms with Crippen LogP contribution in [0.25, 0.3) is 0 Å². The summed E-state index contributed by atoms with van der Waals surface area (Å²) in [5, 5.41) is 6.23. The summed E-state index contributed by atoms with van der Waals surface area (Å²) in [6.07, 6.45) is 2.43. The molecule has 1 aliphatic heterocycles. The molecule has 1 aliphatic rings. The third kappa shape index (κ3) is 5.91. The van der Waals surface area contributed by atoms with E-state index in [1.807, 2.05) is 27.7 Å². The number of sulfonamides is 1. The van der Waals surface area contributed by atoms with Crippen LogP contribution in [0.2, 0.25) is 0 Å². The van der Waals surface area contributed by atoms with Crippen LogP contribution >= 0.6 is 12.4 Å². The van der Waals surface area contributed by atoms with Gasteiger partial charge in [0.05, 0.1) is 4.90 Å². The maximum atomic E-state index is 12.8. The SMILES string of the molecule is CCN(CC)S(=O)(=O)c1cc(C)c(C)c(NC(=O)CCC2CCNC2)c1.Cl. The summed E-state index contributed by atoms with van der Waals surface area (Å²) in [6, 6.07) is 3.27. The normalized spacial score (nSPS) is 17.0. The van der Waals surface area contributed by atoms with E-state index in [9.17, 15) is 13.2 Å². The molecule has 1 atom stereocenters. The molecule has 2 rings (SSSR count). The molecule has 1 unspecified atom stereocenters. The second kappa shape index (κ2) is 10.4. The van der Waals surface area contributed by atoms with Gasteiger partial charge in [0.15, 0.2) is 0 Å². The lowest BCUT2D eigenvalue weighted by atomic mass is 10.0. The molecular formula is C19H32ClN3O3S. The second-order valence-electron chi connectivity index (χ2n) is 6.95. The summed E-state index contributed by atoms with van der Waals surface area (Å²) in [6.45, 7) is 10.3. The fraction of sp³-hybridized carbons (Fsp3) is 0.632. The van der Waals surface area contributed by atoms with E-state index in [4.69, 9.17) is 0 Å². The number of nitrogens with one attached hydrogen (secondary N) is 2. The minimum absolute atomic E-state index is 0. The number of benzene rings is 1. The molecular weight excluding hydrogens is 386 g/mol. The van der Waals surface area contributed by atoms with E-state index in [2.05, 4.69) is 10.6 Å². The Morgan fingerprint density at radius 1 is 1.26 bits per heavy atom. The molecule has 1 aromatic carbocycles. The molecule has 27 heavy (non-hydrogen) atoms. The lowest BCUT2D eigenvalue weighted by molar-refractivity contribution is -0.116. The van der Waals surface area contributed by atoms with Crippen molar-refractivity contribution in [2.75, 3.05) is 31.5 Å². The monoisotopic (exact) mass is 417 g/mol. The zero-order chi connectivity index (χ0) is 19.3. The van der Waals surface area contributed by atoms with Gasteiger partial charge < -0.3 is 10.6 Å². The van der Waals surface area contributed by atoms with E-state index < -0.39 is 10.0 Å².